The van der Waals surface area contributed by atoms with Crippen molar-refractivity contribution >= 4 is 5.97 Å². The van der Waals surface area contributed by atoms with Gasteiger partial charge in [-0.25, -0.2) is 9.59 Å². The first-order valence-corrected chi connectivity index (χ1v) is 7.47. The second-order valence-corrected chi connectivity index (χ2v) is 5.30. The van der Waals surface area contributed by atoms with Gasteiger partial charge in [0.25, 0.3) is 5.56 Å². The van der Waals surface area contributed by atoms with Crippen LogP contribution in [0.2, 0.25) is 0 Å². The molecule has 0 unspecified atom stereocenters. The summed E-state index contributed by atoms with van der Waals surface area (Å²) in [5.74, 6) is -3.13. The zero-order valence-corrected chi connectivity index (χ0v) is 13.3. The number of benzene rings is 1. The van der Waals surface area contributed by atoms with Gasteiger partial charge in [0.05, 0.1) is 6.20 Å². The van der Waals surface area contributed by atoms with Crippen LogP contribution in [0.1, 0.15) is 5.56 Å². The fourth-order valence-electron chi connectivity index (χ4n) is 2.21. The number of aromatic amines is 1. The van der Waals surface area contributed by atoms with Crippen molar-refractivity contribution in [3.63, 3.8) is 0 Å². The highest BCUT2D eigenvalue weighted by Gasteiger charge is 2.31. The summed E-state index contributed by atoms with van der Waals surface area (Å²) in [6, 6.07) is 9.02. The summed E-state index contributed by atoms with van der Waals surface area (Å²) in [6.45, 7) is -0.151. The van der Waals surface area contributed by atoms with Gasteiger partial charge in [-0.05, 0) is 11.6 Å². The smallest absolute Gasteiger partial charge is 0.383 e. The third-order valence-corrected chi connectivity index (χ3v) is 3.50. The second-order valence-electron chi connectivity index (χ2n) is 5.30. The number of nitrogens with one attached hydrogen (secondary N) is 1. The summed E-state index contributed by atoms with van der Waals surface area (Å²) >= 11 is 0. The van der Waals surface area contributed by atoms with Crippen LogP contribution in [0.15, 0.2) is 69.5 Å². The van der Waals surface area contributed by atoms with Gasteiger partial charge < -0.3 is 14.6 Å². The molecule has 1 aliphatic rings. The van der Waals surface area contributed by atoms with Crippen molar-refractivity contribution in [2.24, 2.45) is 0 Å². The van der Waals surface area contributed by atoms with Crippen molar-refractivity contribution in [3.05, 3.63) is 92.1 Å². The molecule has 0 spiro atoms. The first-order valence-electron chi connectivity index (χ1n) is 7.47. The fraction of sp³-hybridized carbons (Fsp3) is 0.118. The van der Waals surface area contributed by atoms with Crippen LogP contribution in [-0.4, -0.2) is 20.6 Å². The summed E-state index contributed by atoms with van der Waals surface area (Å²) in [6.07, 6.45) is 1.98. The lowest BCUT2D eigenvalue weighted by Crippen LogP contribution is -2.31. The monoisotopic (exact) mass is 360 g/mol. The van der Waals surface area contributed by atoms with E-state index in [2.05, 4.69) is 0 Å². The summed E-state index contributed by atoms with van der Waals surface area (Å²) in [7, 11) is 0. The molecule has 0 fully saturated rings. The van der Waals surface area contributed by atoms with Crippen molar-refractivity contribution < 1.29 is 23.8 Å². The molecule has 2 N–H and O–H groups in total. The molecule has 9 heteroatoms. The molecule has 2 heterocycles. The van der Waals surface area contributed by atoms with E-state index in [0.29, 0.717) is 0 Å². The van der Waals surface area contributed by atoms with Gasteiger partial charge in [-0.15, -0.1) is 0 Å². The SMILES string of the molecule is O=C1O/C(=C\Cn2cc(F)c(=O)[nH]c2=O)C(OCc2ccccc2)=C1O. The quantitative estimate of drug-likeness (QED) is 0.773. The Balaban J connectivity index is 1.81. The molecule has 0 saturated carbocycles. The molecule has 8 nitrogen and oxygen atoms in total. The Labute approximate surface area is 145 Å². The molecule has 0 radical (unpaired) electrons. The largest absolute Gasteiger partial charge is 0.499 e. The minimum absolute atomic E-state index is 0.0709. The third-order valence-electron chi connectivity index (χ3n) is 3.50. The topological polar surface area (TPSA) is 111 Å². The average molecular weight is 360 g/mol. The van der Waals surface area contributed by atoms with E-state index in [9.17, 15) is 23.9 Å². The van der Waals surface area contributed by atoms with Crippen LogP contribution in [-0.2, 0) is 27.4 Å². The van der Waals surface area contributed by atoms with Gasteiger partial charge in [-0.3, -0.25) is 14.3 Å². The maximum absolute atomic E-state index is 13.3. The Hall–Kier alpha value is -3.62. The minimum atomic E-state index is -1.13. The Kier molecular flexibility index (Phi) is 4.70. The standard InChI is InChI=1S/C17H13FN2O6/c18-11-8-20(17(24)19-15(11)22)7-6-12-14(13(21)16(23)26-12)25-9-10-4-2-1-3-5-10/h1-6,8,21H,7,9H2,(H,19,22,24)/b12-6-. The van der Waals surface area contributed by atoms with Crippen LogP contribution in [0.3, 0.4) is 0 Å². The molecule has 0 atom stereocenters. The van der Waals surface area contributed by atoms with Gasteiger partial charge in [-0.2, -0.15) is 4.39 Å². The van der Waals surface area contributed by atoms with Gasteiger partial charge >= 0.3 is 11.7 Å². The number of hydrogen-bond donors (Lipinski definition) is 2. The Bertz CT molecular complexity index is 1020. The lowest BCUT2D eigenvalue weighted by molar-refractivity contribution is -0.135. The molecule has 2 aromatic rings. The molecule has 3 rings (SSSR count). The number of nitrogens with zero attached hydrogens (tertiary/aromatic N) is 1. The van der Waals surface area contributed by atoms with E-state index in [-0.39, 0.29) is 24.7 Å². The Morgan fingerprint density at radius 2 is 1.96 bits per heavy atom. The lowest BCUT2D eigenvalue weighted by Gasteiger charge is -2.08. The van der Waals surface area contributed by atoms with Crippen molar-refractivity contribution in [1.29, 1.82) is 0 Å². The number of carbonyl (C=O) groups excluding carboxylic acids is 1. The third kappa shape index (κ3) is 3.56. The van der Waals surface area contributed by atoms with Crippen molar-refractivity contribution in [3.8, 4) is 0 Å². The Morgan fingerprint density at radius 3 is 2.69 bits per heavy atom. The van der Waals surface area contributed by atoms with E-state index in [1.54, 1.807) is 29.2 Å². The van der Waals surface area contributed by atoms with Gasteiger partial charge in [0.15, 0.2) is 5.76 Å². The molecule has 0 amide bonds. The van der Waals surface area contributed by atoms with Crippen LogP contribution in [0.4, 0.5) is 4.39 Å². The van der Waals surface area contributed by atoms with Crippen LogP contribution >= 0.6 is 0 Å². The number of H-pyrrole nitrogens is 1. The number of cyclic esters (lactones) is 1. The number of allylic oxidation sites excluding steroid dienone is 1. The van der Waals surface area contributed by atoms with Crippen molar-refractivity contribution in [2.45, 2.75) is 13.2 Å². The summed E-state index contributed by atoms with van der Waals surface area (Å²) in [5.41, 5.74) is -1.17. The molecule has 0 saturated heterocycles. The molecule has 0 aliphatic carbocycles. The first kappa shape index (κ1) is 17.2. The predicted octanol–water partition coefficient (Wildman–Crippen LogP) is 1.10. The van der Waals surface area contributed by atoms with E-state index in [1.807, 2.05) is 6.07 Å². The predicted molar refractivity (Wildman–Crippen MR) is 86.3 cm³/mol. The number of aliphatic hydroxyl groups excluding tert-OH is 1. The molecule has 0 bridgehead atoms. The van der Waals surface area contributed by atoms with Gasteiger partial charge in [0, 0.05) is 6.54 Å². The Morgan fingerprint density at radius 1 is 1.23 bits per heavy atom. The maximum atomic E-state index is 13.3. The minimum Gasteiger partial charge on any atom is -0.499 e. The molecule has 1 aromatic heterocycles. The molecular formula is C17H13FN2O6. The zero-order chi connectivity index (χ0) is 18.7. The fourth-order valence-corrected chi connectivity index (χ4v) is 2.21. The number of aliphatic hydroxyl groups is 1. The summed E-state index contributed by atoms with van der Waals surface area (Å²) in [4.78, 5) is 36.0. The zero-order valence-electron chi connectivity index (χ0n) is 13.3. The number of aromatic nitrogens is 2. The normalized spacial score (nSPS) is 15.4. The summed E-state index contributed by atoms with van der Waals surface area (Å²) < 4.78 is 24.5. The summed E-state index contributed by atoms with van der Waals surface area (Å²) in [5, 5.41) is 9.80. The maximum Gasteiger partial charge on any atom is 0.383 e. The number of carbonyl (C=O) groups is 1. The first-order chi connectivity index (χ1) is 12.5. The van der Waals surface area contributed by atoms with Crippen molar-refractivity contribution in [2.75, 3.05) is 0 Å². The average Bonchev–Trinajstić information content (AvgIpc) is 2.90. The lowest BCUT2D eigenvalue weighted by atomic mass is 10.2. The van der Waals surface area contributed by atoms with Gasteiger partial charge in [0.2, 0.25) is 17.3 Å². The molecular weight excluding hydrogens is 347 g/mol. The van der Waals surface area contributed by atoms with E-state index in [4.69, 9.17) is 9.47 Å². The molecule has 134 valence electrons. The second kappa shape index (κ2) is 7.09. The van der Waals surface area contributed by atoms with Crippen LogP contribution in [0, 0.1) is 5.82 Å². The number of ether oxygens (including phenoxy) is 2. The van der Waals surface area contributed by atoms with Gasteiger partial charge in [0.1, 0.15) is 6.61 Å². The number of hydrogen-bond acceptors (Lipinski definition) is 6. The number of esters is 1. The van der Waals surface area contributed by atoms with E-state index in [1.165, 1.54) is 6.08 Å². The molecule has 26 heavy (non-hydrogen) atoms. The molecule has 1 aliphatic heterocycles. The molecule has 1 aromatic carbocycles. The van der Waals surface area contributed by atoms with E-state index < -0.39 is 28.8 Å². The van der Waals surface area contributed by atoms with E-state index in [0.717, 1.165) is 16.3 Å². The van der Waals surface area contributed by atoms with Crippen molar-refractivity contribution in [1.82, 2.24) is 9.55 Å². The number of halogens is 1. The highest BCUT2D eigenvalue weighted by molar-refractivity contribution is 5.91. The van der Waals surface area contributed by atoms with Crippen LogP contribution in [0.25, 0.3) is 0 Å². The highest BCUT2D eigenvalue weighted by atomic mass is 19.1. The number of rotatable bonds is 5. The highest BCUT2D eigenvalue weighted by Crippen LogP contribution is 2.26. The van der Waals surface area contributed by atoms with Gasteiger partial charge in [-0.1, -0.05) is 30.3 Å². The van der Waals surface area contributed by atoms with E-state index >= 15 is 0 Å². The van der Waals surface area contributed by atoms with Crippen LogP contribution in [0.5, 0.6) is 0 Å². The van der Waals surface area contributed by atoms with Crippen LogP contribution < -0.4 is 11.2 Å².